The highest BCUT2D eigenvalue weighted by Gasteiger charge is 2.32. The molecule has 1 saturated carbocycles. The molecule has 9 nitrogen and oxygen atoms in total. The zero-order valence-corrected chi connectivity index (χ0v) is 18.3. The van der Waals surface area contributed by atoms with Gasteiger partial charge in [-0.05, 0) is 57.6 Å². The van der Waals surface area contributed by atoms with Crippen molar-refractivity contribution >= 4 is 23.8 Å². The van der Waals surface area contributed by atoms with E-state index in [2.05, 4.69) is 6.58 Å². The summed E-state index contributed by atoms with van der Waals surface area (Å²) in [5.74, 6) is 3.04. The SMILES string of the molecule is C=CC(=O)OCCCCOC(=O)C1CCC(C(=O)Oc2ccc(C)cc2C(=O)NN)CC1. The Balaban J connectivity index is 1.75. The average Bonchev–Trinajstić information content (AvgIpc) is 2.81. The van der Waals surface area contributed by atoms with Gasteiger partial charge >= 0.3 is 17.9 Å². The molecule has 0 bridgehead atoms. The zero-order valence-electron chi connectivity index (χ0n) is 18.3. The molecule has 1 fully saturated rings. The Morgan fingerprint density at radius 1 is 1.03 bits per heavy atom. The van der Waals surface area contributed by atoms with Crippen LogP contribution in [-0.2, 0) is 23.9 Å². The predicted molar refractivity (Wildman–Crippen MR) is 115 cm³/mol. The Morgan fingerprint density at radius 2 is 1.62 bits per heavy atom. The third-order valence-electron chi connectivity index (χ3n) is 5.31. The molecule has 0 spiro atoms. The minimum atomic E-state index is -0.540. The van der Waals surface area contributed by atoms with Gasteiger partial charge in [0.25, 0.3) is 5.91 Å². The smallest absolute Gasteiger partial charge is 0.330 e. The lowest BCUT2D eigenvalue weighted by atomic mass is 9.82. The first-order chi connectivity index (χ1) is 15.3. The van der Waals surface area contributed by atoms with Gasteiger partial charge < -0.3 is 14.2 Å². The zero-order chi connectivity index (χ0) is 23.5. The van der Waals surface area contributed by atoms with Crippen LogP contribution in [-0.4, -0.2) is 37.0 Å². The van der Waals surface area contributed by atoms with E-state index < -0.39 is 17.8 Å². The number of unbranched alkanes of at least 4 members (excludes halogenated alkanes) is 1. The maximum atomic E-state index is 12.6. The number of rotatable bonds is 10. The van der Waals surface area contributed by atoms with Crippen LogP contribution in [0.2, 0.25) is 0 Å². The molecular formula is C23H30N2O7. The Kier molecular flexibility index (Phi) is 9.87. The van der Waals surface area contributed by atoms with Gasteiger partial charge in [-0.15, -0.1) is 0 Å². The number of amides is 1. The minimum Gasteiger partial charge on any atom is -0.465 e. The van der Waals surface area contributed by atoms with Gasteiger partial charge in [-0.3, -0.25) is 19.8 Å². The van der Waals surface area contributed by atoms with Gasteiger partial charge in [-0.1, -0.05) is 18.2 Å². The summed E-state index contributed by atoms with van der Waals surface area (Å²) in [4.78, 5) is 47.7. The van der Waals surface area contributed by atoms with Crippen LogP contribution < -0.4 is 16.0 Å². The van der Waals surface area contributed by atoms with Crippen molar-refractivity contribution in [2.75, 3.05) is 13.2 Å². The number of hydrazine groups is 1. The van der Waals surface area contributed by atoms with Crippen LogP contribution in [0.15, 0.2) is 30.9 Å². The van der Waals surface area contributed by atoms with Crippen LogP contribution in [0.25, 0.3) is 0 Å². The molecule has 174 valence electrons. The van der Waals surface area contributed by atoms with Crippen molar-refractivity contribution in [3.63, 3.8) is 0 Å². The number of nitrogen functional groups attached to an aromatic ring is 1. The molecule has 0 heterocycles. The Hall–Kier alpha value is -3.20. The topological polar surface area (TPSA) is 134 Å². The second-order valence-electron chi connectivity index (χ2n) is 7.69. The molecule has 1 aliphatic carbocycles. The van der Waals surface area contributed by atoms with Gasteiger partial charge in [0.15, 0.2) is 0 Å². The van der Waals surface area contributed by atoms with E-state index in [-0.39, 0.29) is 42.3 Å². The van der Waals surface area contributed by atoms with Crippen LogP contribution in [0.3, 0.4) is 0 Å². The Morgan fingerprint density at radius 3 is 2.22 bits per heavy atom. The number of carbonyl (C=O) groups is 4. The molecule has 1 amide bonds. The standard InChI is InChI=1S/C23H30N2O7/c1-3-20(26)30-12-4-5-13-31-22(28)16-7-9-17(10-8-16)23(29)32-19-11-6-15(2)14-18(19)21(27)25-24/h3,6,11,14,16-17H,1,4-5,7-10,12-13,24H2,2H3,(H,25,27). The molecule has 0 aromatic heterocycles. The summed E-state index contributed by atoms with van der Waals surface area (Å²) in [6.45, 7) is 5.64. The van der Waals surface area contributed by atoms with Crippen LogP contribution in [0.4, 0.5) is 0 Å². The summed E-state index contributed by atoms with van der Waals surface area (Å²) in [6.07, 6.45) is 4.34. The van der Waals surface area contributed by atoms with Crippen molar-refractivity contribution in [3.05, 3.63) is 42.0 Å². The van der Waals surface area contributed by atoms with Crippen molar-refractivity contribution in [3.8, 4) is 5.75 Å². The molecule has 2 rings (SSSR count). The predicted octanol–water partition coefficient (Wildman–Crippen LogP) is 2.36. The number of nitrogens with one attached hydrogen (secondary N) is 1. The summed E-state index contributed by atoms with van der Waals surface area (Å²) < 4.78 is 15.6. The van der Waals surface area contributed by atoms with Gasteiger partial charge in [-0.25, -0.2) is 10.6 Å². The first-order valence-electron chi connectivity index (χ1n) is 10.6. The first-order valence-corrected chi connectivity index (χ1v) is 10.6. The van der Waals surface area contributed by atoms with E-state index in [4.69, 9.17) is 20.1 Å². The van der Waals surface area contributed by atoms with E-state index in [1.807, 2.05) is 12.3 Å². The third-order valence-corrected chi connectivity index (χ3v) is 5.31. The fourth-order valence-electron chi connectivity index (χ4n) is 3.47. The molecule has 0 atom stereocenters. The fourth-order valence-corrected chi connectivity index (χ4v) is 3.47. The molecule has 32 heavy (non-hydrogen) atoms. The van der Waals surface area contributed by atoms with Crippen molar-refractivity contribution in [1.29, 1.82) is 0 Å². The highest BCUT2D eigenvalue weighted by atomic mass is 16.5. The van der Waals surface area contributed by atoms with Crippen LogP contribution in [0.1, 0.15) is 54.4 Å². The minimum absolute atomic E-state index is 0.156. The van der Waals surface area contributed by atoms with Crippen LogP contribution in [0.5, 0.6) is 5.75 Å². The maximum Gasteiger partial charge on any atom is 0.330 e. The van der Waals surface area contributed by atoms with Gasteiger partial charge in [0, 0.05) is 6.08 Å². The quantitative estimate of drug-likeness (QED) is 0.106. The summed E-state index contributed by atoms with van der Waals surface area (Å²) in [5, 5.41) is 0. The number of nitrogens with two attached hydrogens (primary N) is 1. The molecule has 9 heteroatoms. The van der Waals surface area contributed by atoms with Crippen molar-refractivity contribution < 1.29 is 33.4 Å². The lowest BCUT2D eigenvalue weighted by Crippen LogP contribution is -2.32. The Labute approximate surface area is 187 Å². The molecule has 0 saturated heterocycles. The normalized spacial score (nSPS) is 17.7. The van der Waals surface area contributed by atoms with Gasteiger partial charge in [0.2, 0.25) is 0 Å². The molecule has 0 radical (unpaired) electrons. The number of hydrogen-bond donors (Lipinski definition) is 2. The molecule has 1 aliphatic rings. The lowest BCUT2D eigenvalue weighted by Gasteiger charge is -2.26. The number of benzene rings is 1. The van der Waals surface area contributed by atoms with Crippen LogP contribution >= 0.6 is 0 Å². The van der Waals surface area contributed by atoms with Gasteiger partial charge in [-0.2, -0.15) is 0 Å². The Bertz CT molecular complexity index is 845. The molecule has 1 aromatic rings. The summed E-state index contributed by atoms with van der Waals surface area (Å²) in [5.41, 5.74) is 3.07. The summed E-state index contributed by atoms with van der Waals surface area (Å²) in [6, 6.07) is 4.91. The van der Waals surface area contributed by atoms with Crippen LogP contribution in [0, 0.1) is 18.8 Å². The molecule has 3 N–H and O–H groups in total. The van der Waals surface area contributed by atoms with Gasteiger partial charge in [0.05, 0.1) is 30.6 Å². The third kappa shape index (κ3) is 7.49. The van der Waals surface area contributed by atoms with Crippen molar-refractivity contribution in [1.82, 2.24) is 5.43 Å². The summed E-state index contributed by atoms with van der Waals surface area (Å²) >= 11 is 0. The van der Waals surface area contributed by atoms with Crippen molar-refractivity contribution in [2.24, 2.45) is 17.7 Å². The van der Waals surface area contributed by atoms with E-state index in [1.54, 1.807) is 18.2 Å². The van der Waals surface area contributed by atoms with E-state index in [0.717, 1.165) is 11.6 Å². The van der Waals surface area contributed by atoms with E-state index in [0.29, 0.717) is 38.5 Å². The highest BCUT2D eigenvalue weighted by molar-refractivity contribution is 5.97. The monoisotopic (exact) mass is 446 g/mol. The average molecular weight is 447 g/mol. The lowest BCUT2D eigenvalue weighted by molar-refractivity contribution is -0.152. The molecule has 1 aromatic carbocycles. The number of carbonyl (C=O) groups excluding carboxylic acids is 4. The molecule has 0 unspecified atom stereocenters. The first kappa shape index (κ1) is 25.1. The largest absolute Gasteiger partial charge is 0.465 e. The fraction of sp³-hybridized carbons (Fsp3) is 0.478. The molecular weight excluding hydrogens is 416 g/mol. The second-order valence-corrected chi connectivity index (χ2v) is 7.69. The number of hydrogen-bond acceptors (Lipinski definition) is 8. The van der Waals surface area contributed by atoms with E-state index in [9.17, 15) is 19.2 Å². The second kappa shape index (κ2) is 12.6. The highest BCUT2D eigenvalue weighted by Crippen LogP contribution is 2.31. The number of aryl methyl sites for hydroxylation is 1. The number of ether oxygens (including phenoxy) is 3. The van der Waals surface area contributed by atoms with Crippen molar-refractivity contribution in [2.45, 2.75) is 45.4 Å². The molecule has 0 aliphatic heterocycles. The number of esters is 3. The van der Waals surface area contributed by atoms with E-state index >= 15 is 0 Å². The van der Waals surface area contributed by atoms with E-state index in [1.165, 1.54) is 0 Å². The summed E-state index contributed by atoms with van der Waals surface area (Å²) in [7, 11) is 0. The van der Waals surface area contributed by atoms with Gasteiger partial charge in [0.1, 0.15) is 5.75 Å². The maximum absolute atomic E-state index is 12.6.